The minimum Gasteiger partial charge on any atom is -0.594 e. The Morgan fingerprint density at radius 2 is 1.93 bits per heavy atom. The quantitative estimate of drug-likeness (QED) is 0.306. The summed E-state index contributed by atoms with van der Waals surface area (Å²) < 4.78 is 45.4. The molecule has 4 aromatic rings. The maximum Gasteiger partial charge on any atom is 0.416 e. The zero-order valence-corrected chi connectivity index (χ0v) is 14.3. The number of hydrogen-bond acceptors (Lipinski definition) is 5. The Morgan fingerprint density at radius 3 is 2.64 bits per heavy atom. The molecule has 2 heterocycles. The first kappa shape index (κ1) is 17.7. The molecule has 0 saturated heterocycles. The molecule has 4 rings (SSSR count). The van der Waals surface area contributed by atoms with Gasteiger partial charge in [-0.05, 0) is 29.1 Å². The van der Waals surface area contributed by atoms with E-state index >= 15 is 0 Å². The third-order valence-corrected chi connectivity index (χ3v) is 4.26. The molecule has 0 bridgehead atoms. The molecule has 0 radical (unpaired) electrons. The van der Waals surface area contributed by atoms with Crippen LogP contribution in [0.1, 0.15) is 21.5 Å². The van der Waals surface area contributed by atoms with Crippen LogP contribution in [0.15, 0.2) is 48.7 Å². The molecule has 28 heavy (non-hydrogen) atoms. The molecule has 0 aliphatic heterocycles. The van der Waals surface area contributed by atoms with Crippen molar-refractivity contribution >= 4 is 22.5 Å². The van der Waals surface area contributed by atoms with Gasteiger partial charge in [-0.2, -0.15) is 18.3 Å². The average Bonchev–Trinajstić information content (AvgIpc) is 3.10. The molecule has 0 aliphatic carbocycles. The molecule has 0 fully saturated rings. The van der Waals surface area contributed by atoms with Gasteiger partial charge >= 0.3 is 6.18 Å². The van der Waals surface area contributed by atoms with E-state index in [-0.39, 0.29) is 32.7 Å². The van der Waals surface area contributed by atoms with Crippen molar-refractivity contribution in [2.45, 2.75) is 6.18 Å². The van der Waals surface area contributed by atoms with Gasteiger partial charge in [0.1, 0.15) is 11.3 Å². The number of carbonyl (C=O) groups excluding carboxylic acids is 1. The first-order valence-electron chi connectivity index (χ1n) is 7.97. The Kier molecular flexibility index (Phi) is 3.91. The summed E-state index contributed by atoms with van der Waals surface area (Å²) in [6.07, 6.45) is -3.43. The summed E-state index contributed by atoms with van der Waals surface area (Å²) in [5.74, 6) is -0.215. The molecule has 2 aromatic heterocycles. The van der Waals surface area contributed by atoms with Crippen LogP contribution in [0.4, 0.5) is 13.2 Å². The maximum atomic E-state index is 13.1. The van der Waals surface area contributed by atoms with Gasteiger partial charge in [0.25, 0.3) is 5.52 Å². The minimum absolute atomic E-state index is 0.0339. The molecule has 142 valence electrons. The van der Waals surface area contributed by atoms with Crippen molar-refractivity contribution in [1.82, 2.24) is 14.7 Å². The number of nitrogens with zero attached hydrogens (tertiary/aromatic N) is 4. The SMILES string of the molecule is COc1ccccc1C(=O)c1cnn2c1n[n+]([O-])c1ccc(C(F)(F)F)cc12. The highest BCUT2D eigenvalue weighted by Gasteiger charge is 2.32. The maximum absolute atomic E-state index is 13.1. The monoisotopic (exact) mass is 388 g/mol. The molecule has 7 nitrogen and oxygen atoms in total. The van der Waals surface area contributed by atoms with Crippen LogP contribution in [0, 0.1) is 5.21 Å². The van der Waals surface area contributed by atoms with Crippen molar-refractivity contribution in [2.24, 2.45) is 0 Å². The van der Waals surface area contributed by atoms with Crippen LogP contribution in [-0.2, 0) is 6.18 Å². The highest BCUT2D eigenvalue weighted by molar-refractivity contribution is 6.14. The smallest absolute Gasteiger partial charge is 0.416 e. The Hall–Kier alpha value is -3.69. The summed E-state index contributed by atoms with van der Waals surface area (Å²) in [5.41, 5.74) is -1.15. The molecule has 0 spiro atoms. The number of carbonyl (C=O) groups is 1. The lowest BCUT2D eigenvalue weighted by Crippen LogP contribution is -2.33. The molecule has 0 N–H and O–H groups in total. The molecular weight excluding hydrogens is 377 g/mol. The third kappa shape index (κ3) is 2.70. The summed E-state index contributed by atoms with van der Waals surface area (Å²) in [5, 5.41) is 20.0. The number of halogens is 3. The van der Waals surface area contributed by atoms with Crippen molar-refractivity contribution < 1.29 is 27.5 Å². The van der Waals surface area contributed by atoms with E-state index in [1.54, 1.807) is 18.2 Å². The van der Waals surface area contributed by atoms with E-state index in [1.165, 1.54) is 13.2 Å². The van der Waals surface area contributed by atoms with Crippen LogP contribution < -0.4 is 9.58 Å². The van der Waals surface area contributed by atoms with E-state index < -0.39 is 17.5 Å². The van der Waals surface area contributed by atoms with E-state index in [1.807, 2.05) is 0 Å². The highest BCUT2D eigenvalue weighted by atomic mass is 19.4. The summed E-state index contributed by atoms with van der Waals surface area (Å²) in [6, 6.07) is 9.03. The van der Waals surface area contributed by atoms with Gasteiger partial charge in [0.05, 0.1) is 30.0 Å². The number of fused-ring (bicyclic) bond motifs is 3. The summed E-state index contributed by atoms with van der Waals surface area (Å²) >= 11 is 0. The zero-order valence-electron chi connectivity index (χ0n) is 14.3. The Labute approximate surface area is 155 Å². The van der Waals surface area contributed by atoms with E-state index in [4.69, 9.17) is 4.74 Å². The molecule has 0 atom stereocenters. The second kappa shape index (κ2) is 6.19. The third-order valence-electron chi connectivity index (χ3n) is 4.26. The first-order valence-corrected chi connectivity index (χ1v) is 7.97. The summed E-state index contributed by atoms with van der Waals surface area (Å²) in [7, 11) is 1.40. The molecular formula is C18H11F3N4O3. The fraction of sp³-hybridized carbons (Fsp3) is 0.111. The first-order chi connectivity index (χ1) is 13.3. The van der Waals surface area contributed by atoms with Crippen molar-refractivity contribution in [2.75, 3.05) is 7.11 Å². The topological polar surface area (TPSA) is 83.4 Å². The number of hydrogen-bond donors (Lipinski definition) is 0. The second-order valence-electron chi connectivity index (χ2n) is 5.90. The van der Waals surface area contributed by atoms with Crippen molar-refractivity contribution in [1.29, 1.82) is 0 Å². The number of aromatic nitrogens is 4. The number of para-hydroxylation sites is 1. The molecule has 10 heteroatoms. The molecule has 0 saturated carbocycles. The molecule has 0 amide bonds. The largest absolute Gasteiger partial charge is 0.594 e. The van der Waals surface area contributed by atoms with Crippen LogP contribution in [0.5, 0.6) is 5.75 Å². The van der Waals surface area contributed by atoms with Gasteiger partial charge in [0.2, 0.25) is 11.4 Å². The number of methoxy groups -OCH3 is 1. The molecule has 2 aromatic carbocycles. The van der Waals surface area contributed by atoms with Gasteiger partial charge in [0, 0.05) is 11.2 Å². The minimum atomic E-state index is -4.60. The predicted octanol–water partition coefficient (Wildman–Crippen LogP) is 2.77. The normalized spacial score (nSPS) is 11.9. The standard InChI is InChI=1S/C18H11F3N4O3/c1-28-15-5-3-2-4-11(15)16(26)12-9-22-24-14-8-10(18(19,20)21)6-7-13(14)25(27)23-17(12)24/h2-9H,1H3. The van der Waals surface area contributed by atoms with Crippen LogP contribution in [0.2, 0.25) is 0 Å². The lowest BCUT2D eigenvalue weighted by molar-refractivity contribution is -0.640. The van der Waals surface area contributed by atoms with E-state index in [0.29, 0.717) is 5.75 Å². The van der Waals surface area contributed by atoms with E-state index in [0.717, 1.165) is 28.9 Å². The van der Waals surface area contributed by atoms with Crippen LogP contribution in [0.3, 0.4) is 0 Å². The Balaban J connectivity index is 1.96. The Bertz CT molecular complexity index is 1230. The second-order valence-corrected chi connectivity index (χ2v) is 5.90. The number of alkyl halides is 3. The highest BCUT2D eigenvalue weighted by Crippen LogP contribution is 2.31. The van der Waals surface area contributed by atoms with Gasteiger partial charge in [-0.3, -0.25) is 4.79 Å². The van der Waals surface area contributed by atoms with Gasteiger partial charge in [-0.25, -0.2) is 4.52 Å². The van der Waals surface area contributed by atoms with Crippen molar-refractivity contribution in [3.05, 3.63) is 70.6 Å². The van der Waals surface area contributed by atoms with E-state index in [9.17, 15) is 23.2 Å². The fourth-order valence-corrected chi connectivity index (χ4v) is 2.92. The predicted molar refractivity (Wildman–Crippen MR) is 90.9 cm³/mol. The Morgan fingerprint density at radius 1 is 1.18 bits per heavy atom. The number of ether oxygens (including phenoxy) is 1. The fourth-order valence-electron chi connectivity index (χ4n) is 2.92. The van der Waals surface area contributed by atoms with E-state index in [2.05, 4.69) is 10.2 Å². The van der Waals surface area contributed by atoms with Crippen molar-refractivity contribution in [3.63, 3.8) is 0 Å². The van der Waals surface area contributed by atoms with Gasteiger partial charge in [-0.1, -0.05) is 12.1 Å². The number of benzene rings is 2. The summed E-state index contributed by atoms with van der Waals surface area (Å²) in [4.78, 5) is 13.1. The molecule has 0 aliphatic rings. The van der Waals surface area contributed by atoms with Gasteiger partial charge in [0.15, 0.2) is 0 Å². The van der Waals surface area contributed by atoms with Gasteiger partial charge in [-0.15, -0.1) is 0 Å². The molecule has 0 unspecified atom stereocenters. The summed E-state index contributed by atoms with van der Waals surface area (Å²) in [6.45, 7) is 0. The lowest BCUT2D eigenvalue weighted by atomic mass is 10.1. The van der Waals surface area contributed by atoms with Crippen LogP contribution >= 0.6 is 0 Å². The van der Waals surface area contributed by atoms with Crippen molar-refractivity contribution in [3.8, 4) is 5.75 Å². The average molecular weight is 388 g/mol. The zero-order chi connectivity index (χ0) is 20.1. The number of ketones is 1. The lowest BCUT2D eigenvalue weighted by Gasteiger charge is -2.08. The number of rotatable bonds is 3. The van der Waals surface area contributed by atoms with Crippen LogP contribution in [-0.4, -0.2) is 27.6 Å². The van der Waals surface area contributed by atoms with Gasteiger partial charge < -0.3 is 9.94 Å². The van der Waals surface area contributed by atoms with Crippen LogP contribution in [0.25, 0.3) is 16.7 Å².